The van der Waals surface area contributed by atoms with Crippen LogP contribution in [-0.4, -0.2) is 36.1 Å². The third kappa shape index (κ3) is 3.22. The summed E-state index contributed by atoms with van der Waals surface area (Å²) < 4.78 is 20.9. The van der Waals surface area contributed by atoms with E-state index in [1.165, 1.54) is 25.9 Å². The van der Waals surface area contributed by atoms with Crippen LogP contribution in [0, 0.1) is 12.7 Å². The first kappa shape index (κ1) is 17.0. The van der Waals surface area contributed by atoms with Gasteiger partial charge in [-0.3, -0.25) is 0 Å². The van der Waals surface area contributed by atoms with Gasteiger partial charge in [0.2, 0.25) is 0 Å². The molecule has 1 fully saturated rings. The molecule has 5 heteroatoms. The van der Waals surface area contributed by atoms with Gasteiger partial charge in [0, 0.05) is 11.9 Å². The molecule has 0 spiro atoms. The van der Waals surface area contributed by atoms with E-state index in [1.54, 1.807) is 0 Å². The molecule has 2 aromatic rings. The molecule has 0 unspecified atom stereocenters. The number of hydrogen-bond acceptors (Lipinski definition) is 3. The van der Waals surface area contributed by atoms with Gasteiger partial charge in [0.05, 0.1) is 6.61 Å². The van der Waals surface area contributed by atoms with Crippen LogP contribution in [0.5, 0.6) is 5.75 Å². The zero-order chi connectivity index (χ0) is 17.4. The van der Waals surface area contributed by atoms with Crippen LogP contribution in [0.2, 0.25) is 5.15 Å². The maximum absolute atomic E-state index is 15.1. The molecule has 4 rings (SSSR count). The first-order chi connectivity index (χ1) is 12.1. The molecular weight excluding hydrogens is 339 g/mol. The molecule has 0 amide bonds. The van der Waals surface area contributed by atoms with Crippen LogP contribution in [-0.2, 0) is 12.8 Å². The number of aromatic nitrogens is 1. The van der Waals surface area contributed by atoms with Crippen molar-refractivity contribution in [2.75, 3.05) is 26.2 Å². The molecule has 1 aromatic heterocycles. The Hall–Kier alpha value is -1.39. The normalized spacial score (nSPS) is 17.4. The summed E-state index contributed by atoms with van der Waals surface area (Å²) in [7, 11) is 0. The zero-order valence-corrected chi connectivity index (χ0v) is 15.5. The third-order valence-electron chi connectivity index (χ3n) is 5.45. The standard InChI is InChI=1S/C20H24ClFN2O/c1-13-12-16-14-6-4-7-15(14)20(21)23-18(16)17(22)19(13)25-11-5-10-24-8-2-3-9-24/h12H,2-11H2,1H3. The number of likely N-dealkylation sites (tertiary alicyclic amines) is 1. The van der Waals surface area contributed by atoms with Crippen molar-refractivity contribution in [1.82, 2.24) is 9.88 Å². The van der Waals surface area contributed by atoms with Gasteiger partial charge in [0.25, 0.3) is 0 Å². The maximum Gasteiger partial charge on any atom is 0.191 e. The second-order valence-corrected chi connectivity index (χ2v) is 7.55. The van der Waals surface area contributed by atoms with Crippen molar-refractivity contribution in [2.24, 2.45) is 0 Å². The van der Waals surface area contributed by atoms with Crippen molar-refractivity contribution in [2.45, 2.75) is 45.4 Å². The summed E-state index contributed by atoms with van der Waals surface area (Å²) in [5.74, 6) is -0.0387. The Kier molecular flexibility index (Phi) is 4.83. The topological polar surface area (TPSA) is 25.4 Å². The Labute approximate surface area is 153 Å². The minimum atomic E-state index is -0.368. The highest BCUT2D eigenvalue weighted by molar-refractivity contribution is 6.30. The number of aryl methyl sites for hydroxylation is 2. The lowest BCUT2D eigenvalue weighted by Gasteiger charge is -2.16. The summed E-state index contributed by atoms with van der Waals surface area (Å²) in [5.41, 5.74) is 3.44. The number of fused-ring (bicyclic) bond motifs is 3. The van der Waals surface area contributed by atoms with Crippen LogP contribution in [0.1, 0.15) is 42.4 Å². The molecule has 25 heavy (non-hydrogen) atoms. The van der Waals surface area contributed by atoms with Crippen LogP contribution in [0.4, 0.5) is 4.39 Å². The van der Waals surface area contributed by atoms with E-state index in [4.69, 9.17) is 16.3 Å². The Bertz CT molecular complexity index is 802. The van der Waals surface area contributed by atoms with Gasteiger partial charge < -0.3 is 9.64 Å². The van der Waals surface area contributed by atoms with Crippen molar-refractivity contribution < 1.29 is 9.13 Å². The first-order valence-electron chi connectivity index (χ1n) is 9.30. The van der Waals surface area contributed by atoms with Crippen molar-refractivity contribution in [1.29, 1.82) is 0 Å². The van der Waals surface area contributed by atoms with E-state index in [0.29, 0.717) is 23.0 Å². The molecule has 1 aliphatic carbocycles. The van der Waals surface area contributed by atoms with Gasteiger partial charge in [-0.05, 0) is 81.3 Å². The fourth-order valence-electron chi connectivity index (χ4n) is 4.17. The molecule has 1 saturated heterocycles. The van der Waals surface area contributed by atoms with E-state index in [9.17, 15) is 0 Å². The molecule has 1 aromatic carbocycles. The highest BCUT2D eigenvalue weighted by Crippen LogP contribution is 2.38. The van der Waals surface area contributed by atoms with Gasteiger partial charge in [0.1, 0.15) is 10.7 Å². The molecule has 0 N–H and O–H groups in total. The molecule has 1 aliphatic heterocycles. The zero-order valence-electron chi connectivity index (χ0n) is 14.7. The van der Waals surface area contributed by atoms with Crippen LogP contribution in [0.3, 0.4) is 0 Å². The smallest absolute Gasteiger partial charge is 0.191 e. The predicted octanol–water partition coefficient (Wildman–Crippen LogP) is 4.69. The summed E-state index contributed by atoms with van der Waals surface area (Å²) >= 11 is 6.29. The number of benzene rings is 1. The van der Waals surface area contributed by atoms with E-state index in [-0.39, 0.29) is 5.82 Å². The van der Waals surface area contributed by atoms with E-state index >= 15 is 4.39 Å². The highest BCUT2D eigenvalue weighted by Gasteiger charge is 2.23. The average Bonchev–Trinajstić information content (AvgIpc) is 3.27. The maximum atomic E-state index is 15.1. The second kappa shape index (κ2) is 7.08. The van der Waals surface area contributed by atoms with E-state index in [0.717, 1.165) is 54.3 Å². The quantitative estimate of drug-likeness (QED) is 0.570. The fraction of sp³-hybridized carbons (Fsp3) is 0.550. The van der Waals surface area contributed by atoms with Crippen molar-refractivity contribution in [3.05, 3.63) is 33.7 Å². The third-order valence-corrected chi connectivity index (χ3v) is 5.76. The predicted molar refractivity (Wildman–Crippen MR) is 99.3 cm³/mol. The number of pyridine rings is 1. The van der Waals surface area contributed by atoms with Gasteiger partial charge in [-0.2, -0.15) is 0 Å². The molecule has 0 atom stereocenters. The van der Waals surface area contributed by atoms with Crippen molar-refractivity contribution in [3.8, 4) is 5.75 Å². The van der Waals surface area contributed by atoms with Crippen LogP contribution >= 0.6 is 11.6 Å². The first-order valence-corrected chi connectivity index (χ1v) is 9.68. The van der Waals surface area contributed by atoms with Gasteiger partial charge in [-0.15, -0.1) is 0 Å². The van der Waals surface area contributed by atoms with E-state index < -0.39 is 0 Å². The lowest BCUT2D eigenvalue weighted by atomic mass is 10.0. The minimum Gasteiger partial charge on any atom is -0.490 e. The molecule has 3 nitrogen and oxygen atoms in total. The molecule has 0 radical (unpaired) electrons. The molecular formula is C20H24ClFN2O. The summed E-state index contributed by atoms with van der Waals surface area (Å²) in [4.78, 5) is 6.78. The van der Waals surface area contributed by atoms with E-state index in [2.05, 4.69) is 9.88 Å². The SMILES string of the molecule is Cc1cc2c3c(c(Cl)nc2c(F)c1OCCCN1CCCC1)CCC3. The lowest BCUT2D eigenvalue weighted by Crippen LogP contribution is -2.22. The number of hydrogen-bond donors (Lipinski definition) is 0. The van der Waals surface area contributed by atoms with Crippen molar-refractivity contribution >= 4 is 22.5 Å². The Morgan fingerprint density at radius 3 is 2.76 bits per heavy atom. The number of halogens is 2. The van der Waals surface area contributed by atoms with Crippen LogP contribution in [0.15, 0.2) is 6.07 Å². The molecule has 2 aliphatic rings. The number of rotatable bonds is 5. The van der Waals surface area contributed by atoms with Gasteiger partial charge in [0.15, 0.2) is 11.6 Å². The van der Waals surface area contributed by atoms with Crippen LogP contribution < -0.4 is 4.74 Å². The monoisotopic (exact) mass is 362 g/mol. The summed E-state index contributed by atoms with van der Waals surface area (Å²) in [5, 5.41) is 1.35. The van der Waals surface area contributed by atoms with Crippen molar-refractivity contribution in [3.63, 3.8) is 0 Å². The van der Waals surface area contributed by atoms with Gasteiger partial charge >= 0.3 is 0 Å². The number of ether oxygens (including phenoxy) is 1. The second-order valence-electron chi connectivity index (χ2n) is 7.20. The van der Waals surface area contributed by atoms with Gasteiger partial charge in [-0.25, -0.2) is 9.37 Å². The van der Waals surface area contributed by atoms with E-state index in [1.807, 2.05) is 13.0 Å². The fourth-order valence-corrected chi connectivity index (χ4v) is 4.46. The highest BCUT2D eigenvalue weighted by atomic mass is 35.5. The Balaban J connectivity index is 1.56. The molecule has 0 bridgehead atoms. The summed E-state index contributed by atoms with van der Waals surface area (Å²) in [6, 6.07) is 2.02. The molecule has 0 saturated carbocycles. The molecule has 134 valence electrons. The Morgan fingerprint density at radius 2 is 1.96 bits per heavy atom. The Morgan fingerprint density at radius 1 is 1.20 bits per heavy atom. The minimum absolute atomic E-state index is 0.329. The average molecular weight is 363 g/mol. The van der Waals surface area contributed by atoms with Gasteiger partial charge in [-0.1, -0.05) is 11.6 Å². The summed E-state index contributed by atoms with van der Waals surface area (Å²) in [6.07, 6.45) is 6.43. The molecule has 2 heterocycles. The lowest BCUT2D eigenvalue weighted by molar-refractivity contribution is 0.255. The number of nitrogens with zero attached hydrogens (tertiary/aromatic N) is 2. The largest absolute Gasteiger partial charge is 0.490 e. The van der Waals surface area contributed by atoms with Crippen LogP contribution in [0.25, 0.3) is 10.9 Å². The summed E-state index contributed by atoms with van der Waals surface area (Å²) in [6.45, 7) is 5.81.